The van der Waals surface area contributed by atoms with Gasteiger partial charge in [-0.3, -0.25) is 0 Å². The average Bonchev–Trinajstić information content (AvgIpc) is 2.33. The second kappa shape index (κ2) is 5.10. The van der Waals surface area contributed by atoms with Crippen LogP contribution in [0.1, 0.15) is 32.3 Å². The highest BCUT2D eigenvalue weighted by molar-refractivity contribution is 6.48. The molecule has 0 bridgehead atoms. The molecular formula is C16H19Cl. The standard InChI is InChI=1S/C16H19Cl/c1-16(2)10-8-13(9-11-16)12-15(17)14-6-4-3-5-7-14/h3-8,10,12-13H,9,11H2,1-2H3/b15-12-. The van der Waals surface area contributed by atoms with Crippen LogP contribution in [-0.2, 0) is 0 Å². The maximum atomic E-state index is 6.34. The molecule has 0 radical (unpaired) electrons. The molecule has 17 heavy (non-hydrogen) atoms. The molecule has 1 heteroatoms. The third kappa shape index (κ3) is 3.47. The summed E-state index contributed by atoms with van der Waals surface area (Å²) in [4.78, 5) is 0. The number of benzene rings is 1. The van der Waals surface area contributed by atoms with E-state index in [0.717, 1.165) is 10.6 Å². The van der Waals surface area contributed by atoms with Gasteiger partial charge in [-0.05, 0) is 29.7 Å². The van der Waals surface area contributed by atoms with E-state index < -0.39 is 0 Å². The Hall–Kier alpha value is -1.01. The maximum absolute atomic E-state index is 6.34. The quantitative estimate of drug-likeness (QED) is 0.625. The van der Waals surface area contributed by atoms with E-state index in [4.69, 9.17) is 11.6 Å². The molecule has 1 aliphatic rings. The summed E-state index contributed by atoms with van der Waals surface area (Å²) in [6, 6.07) is 10.2. The van der Waals surface area contributed by atoms with E-state index in [1.165, 1.54) is 12.8 Å². The Kier molecular flexibility index (Phi) is 3.73. The van der Waals surface area contributed by atoms with Crippen LogP contribution >= 0.6 is 11.6 Å². The summed E-state index contributed by atoms with van der Waals surface area (Å²) >= 11 is 6.34. The van der Waals surface area contributed by atoms with E-state index >= 15 is 0 Å². The molecule has 1 aliphatic carbocycles. The molecule has 0 amide bonds. The van der Waals surface area contributed by atoms with Crippen LogP contribution in [0.25, 0.3) is 5.03 Å². The SMILES string of the molecule is CC1(C)C=CC(/C=C(\Cl)c2ccccc2)CC1. The van der Waals surface area contributed by atoms with Gasteiger partial charge in [0.05, 0.1) is 0 Å². The van der Waals surface area contributed by atoms with E-state index in [0.29, 0.717) is 11.3 Å². The van der Waals surface area contributed by atoms with Gasteiger partial charge in [0.2, 0.25) is 0 Å². The average molecular weight is 247 g/mol. The van der Waals surface area contributed by atoms with Gasteiger partial charge in [-0.25, -0.2) is 0 Å². The van der Waals surface area contributed by atoms with E-state index in [1.807, 2.05) is 18.2 Å². The minimum absolute atomic E-state index is 0.351. The molecule has 0 nitrogen and oxygen atoms in total. The summed E-state index contributed by atoms with van der Waals surface area (Å²) in [6.07, 6.45) is 9.18. The van der Waals surface area contributed by atoms with Crippen LogP contribution in [0, 0.1) is 11.3 Å². The van der Waals surface area contributed by atoms with Crippen LogP contribution in [0.15, 0.2) is 48.6 Å². The zero-order valence-corrected chi connectivity index (χ0v) is 11.2. The molecule has 1 aromatic carbocycles. The Morgan fingerprint density at radius 1 is 1.29 bits per heavy atom. The lowest BCUT2D eigenvalue weighted by atomic mass is 9.79. The molecule has 0 fully saturated rings. The minimum Gasteiger partial charge on any atom is -0.0840 e. The lowest BCUT2D eigenvalue weighted by Gasteiger charge is -2.27. The zero-order chi connectivity index (χ0) is 12.3. The molecule has 1 atom stereocenters. The van der Waals surface area contributed by atoms with Crippen LogP contribution in [0.2, 0.25) is 0 Å². The van der Waals surface area contributed by atoms with Crippen molar-refractivity contribution in [1.82, 2.24) is 0 Å². The molecule has 0 saturated carbocycles. The summed E-state index contributed by atoms with van der Waals surface area (Å²) in [5.74, 6) is 0.482. The molecule has 1 aromatic rings. The predicted octanol–water partition coefficient (Wildman–Crippen LogP) is 5.26. The summed E-state index contributed by atoms with van der Waals surface area (Å²) in [5, 5.41) is 0.861. The van der Waals surface area contributed by atoms with Crippen molar-refractivity contribution in [3.63, 3.8) is 0 Å². The first-order chi connectivity index (χ1) is 8.07. The molecule has 0 heterocycles. The normalized spacial score (nSPS) is 23.7. The molecule has 0 aliphatic heterocycles. The van der Waals surface area contributed by atoms with Crippen LogP contribution < -0.4 is 0 Å². The Morgan fingerprint density at radius 3 is 2.59 bits per heavy atom. The molecule has 0 spiro atoms. The highest BCUT2D eigenvalue weighted by Gasteiger charge is 2.20. The number of rotatable bonds is 2. The summed E-state index contributed by atoms with van der Waals surface area (Å²) in [6.45, 7) is 4.56. The number of hydrogen-bond donors (Lipinski definition) is 0. The lowest BCUT2D eigenvalue weighted by Crippen LogP contribution is -2.14. The molecule has 0 saturated heterocycles. The Bertz CT molecular complexity index is 426. The number of halogens is 1. The molecular weight excluding hydrogens is 228 g/mol. The first-order valence-electron chi connectivity index (χ1n) is 6.19. The third-order valence-corrected chi connectivity index (χ3v) is 3.67. The fourth-order valence-electron chi connectivity index (χ4n) is 2.12. The van der Waals surface area contributed by atoms with E-state index in [2.05, 4.69) is 44.2 Å². The van der Waals surface area contributed by atoms with Crippen LogP contribution in [0.3, 0.4) is 0 Å². The molecule has 0 aromatic heterocycles. The van der Waals surface area contributed by atoms with Crippen LogP contribution in [0.5, 0.6) is 0 Å². The summed E-state index contributed by atoms with van der Waals surface area (Å²) in [5.41, 5.74) is 1.45. The minimum atomic E-state index is 0.351. The maximum Gasteiger partial charge on any atom is 0.0444 e. The van der Waals surface area contributed by atoms with Crippen molar-refractivity contribution >= 4 is 16.6 Å². The molecule has 0 N–H and O–H groups in total. The highest BCUT2D eigenvalue weighted by atomic mass is 35.5. The van der Waals surface area contributed by atoms with E-state index in [9.17, 15) is 0 Å². The van der Waals surface area contributed by atoms with Crippen LogP contribution in [0.4, 0.5) is 0 Å². The van der Waals surface area contributed by atoms with E-state index in [-0.39, 0.29) is 0 Å². The van der Waals surface area contributed by atoms with Crippen molar-refractivity contribution in [2.75, 3.05) is 0 Å². The summed E-state index contributed by atoms with van der Waals surface area (Å²) < 4.78 is 0. The van der Waals surface area contributed by atoms with E-state index in [1.54, 1.807) is 0 Å². The topological polar surface area (TPSA) is 0 Å². The molecule has 90 valence electrons. The van der Waals surface area contributed by atoms with Gasteiger partial charge in [0.25, 0.3) is 0 Å². The summed E-state index contributed by atoms with van der Waals surface area (Å²) in [7, 11) is 0. The van der Waals surface area contributed by atoms with Crippen molar-refractivity contribution in [2.45, 2.75) is 26.7 Å². The van der Waals surface area contributed by atoms with Crippen molar-refractivity contribution in [1.29, 1.82) is 0 Å². The van der Waals surface area contributed by atoms with Gasteiger partial charge in [-0.2, -0.15) is 0 Å². The molecule has 2 rings (SSSR count). The Morgan fingerprint density at radius 2 is 2.00 bits per heavy atom. The molecule has 1 unspecified atom stereocenters. The van der Waals surface area contributed by atoms with Gasteiger partial charge in [0.15, 0.2) is 0 Å². The van der Waals surface area contributed by atoms with Gasteiger partial charge in [0.1, 0.15) is 0 Å². The predicted molar refractivity (Wildman–Crippen MR) is 75.9 cm³/mol. The van der Waals surface area contributed by atoms with Gasteiger partial charge in [-0.15, -0.1) is 0 Å². The monoisotopic (exact) mass is 246 g/mol. The van der Waals surface area contributed by atoms with Gasteiger partial charge >= 0.3 is 0 Å². The van der Waals surface area contributed by atoms with Gasteiger partial charge in [0, 0.05) is 5.03 Å². The fourth-order valence-corrected chi connectivity index (χ4v) is 2.41. The highest BCUT2D eigenvalue weighted by Crippen LogP contribution is 2.34. The Balaban J connectivity index is 2.11. The van der Waals surface area contributed by atoms with Crippen molar-refractivity contribution in [2.24, 2.45) is 11.3 Å². The smallest absolute Gasteiger partial charge is 0.0444 e. The first-order valence-corrected chi connectivity index (χ1v) is 6.57. The zero-order valence-electron chi connectivity index (χ0n) is 10.5. The van der Waals surface area contributed by atoms with Crippen LogP contribution in [-0.4, -0.2) is 0 Å². The largest absolute Gasteiger partial charge is 0.0840 e. The van der Waals surface area contributed by atoms with Gasteiger partial charge in [-0.1, -0.05) is 74.0 Å². The first kappa shape index (κ1) is 12.4. The number of hydrogen-bond acceptors (Lipinski definition) is 0. The van der Waals surface area contributed by atoms with Crippen molar-refractivity contribution < 1.29 is 0 Å². The fraction of sp³-hybridized carbons (Fsp3) is 0.375. The number of allylic oxidation sites excluding steroid dienone is 3. The van der Waals surface area contributed by atoms with Gasteiger partial charge < -0.3 is 0 Å². The Labute approximate surface area is 109 Å². The van der Waals surface area contributed by atoms with Crippen molar-refractivity contribution in [3.05, 3.63) is 54.1 Å². The third-order valence-electron chi connectivity index (χ3n) is 3.33. The second-order valence-electron chi connectivity index (χ2n) is 5.43. The lowest BCUT2D eigenvalue weighted by molar-refractivity contribution is 0.382. The van der Waals surface area contributed by atoms with Crippen molar-refractivity contribution in [3.8, 4) is 0 Å². The second-order valence-corrected chi connectivity index (χ2v) is 5.84.